The van der Waals surface area contributed by atoms with Crippen LogP contribution >= 0.6 is 11.8 Å². The van der Waals surface area contributed by atoms with Crippen molar-refractivity contribution in [3.8, 4) is 5.75 Å². The predicted octanol–water partition coefficient (Wildman–Crippen LogP) is 1.95. The van der Waals surface area contributed by atoms with Crippen LogP contribution in [0.25, 0.3) is 0 Å². The first-order chi connectivity index (χ1) is 11.7. The van der Waals surface area contributed by atoms with Crippen LogP contribution in [0, 0.1) is 0 Å². The molecule has 1 amide bonds. The van der Waals surface area contributed by atoms with Crippen molar-refractivity contribution in [3.05, 3.63) is 29.8 Å². The Labute approximate surface area is 148 Å². The number of piperazine rings is 1. The summed E-state index contributed by atoms with van der Waals surface area (Å²) in [5.74, 6) is 1.14. The standard InChI is InChI=1S/C18H27N3O2S/c1-3-16-17(22)21(13-12-20-10-8-19-9-11-20)18(24-16)14-6-4-5-7-15(14)23-2/h4-7,16,18-19H,3,8-13H2,1-2H3. The Morgan fingerprint density at radius 2 is 2.00 bits per heavy atom. The van der Waals surface area contributed by atoms with Gasteiger partial charge in [0.15, 0.2) is 0 Å². The van der Waals surface area contributed by atoms with E-state index in [1.54, 1.807) is 18.9 Å². The van der Waals surface area contributed by atoms with Crippen LogP contribution < -0.4 is 10.1 Å². The summed E-state index contributed by atoms with van der Waals surface area (Å²) >= 11 is 1.76. The second kappa shape index (κ2) is 8.23. The quantitative estimate of drug-likeness (QED) is 0.850. The van der Waals surface area contributed by atoms with Gasteiger partial charge in [-0.2, -0.15) is 0 Å². The molecule has 6 heteroatoms. The molecule has 0 radical (unpaired) electrons. The summed E-state index contributed by atoms with van der Waals surface area (Å²) in [6.45, 7) is 8.01. The monoisotopic (exact) mass is 349 g/mol. The van der Waals surface area contributed by atoms with E-state index in [0.29, 0.717) is 0 Å². The van der Waals surface area contributed by atoms with Crippen LogP contribution in [0.15, 0.2) is 24.3 Å². The molecule has 0 aromatic heterocycles. The zero-order valence-electron chi connectivity index (χ0n) is 14.5. The number of rotatable bonds is 6. The van der Waals surface area contributed by atoms with Gasteiger partial charge >= 0.3 is 0 Å². The normalized spacial score (nSPS) is 25.2. The lowest BCUT2D eigenvalue weighted by Gasteiger charge is -2.31. The Balaban J connectivity index is 1.76. The molecule has 3 rings (SSSR count). The van der Waals surface area contributed by atoms with Crippen molar-refractivity contribution in [2.45, 2.75) is 24.0 Å². The number of thioether (sulfide) groups is 1. The van der Waals surface area contributed by atoms with Crippen molar-refractivity contribution in [1.82, 2.24) is 15.1 Å². The van der Waals surface area contributed by atoms with E-state index >= 15 is 0 Å². The van der Waals surface area contributed by atoms with Crippen molar-refractivity contribution in [1.29, 1.82) is 0 Å². The number of para-hydroxylation sites is 1. The molecule has 2 saturated heterocycles. The number of benzene rings is 1. The number of nitrogens with zero attached hydrogens (tertiary/aromatic N) is 2. The van der Waals surface area contributed by atoms with Gasteiger partial charge in [-0.05, 0) is 12.5 Å². The number of hydrogen-bond acceptors (Lipinski definition) is 5. The smallest absolute Gasteiger partial charge is 0.236 e. The number of carbonyl (C=O) groups excluding carboxylic acids is 1. The Morgan fingerprint density at radius 3 is 2.71 bits per heavy atom. The van der Waals surface area contributed by atoms with Gasteiger partial charge in [-0.15, -0.1) is 11.8 Å². The van der Waals surface area contributed by atoms with Gasteiger partial charge in [0.05, 0.1) is 12.4 Å². The first-order valence-electron chi connectivity index (χ1n) is 8.76. The summed E-state index contributed by atoms with van der Waals surface area (Å²) in [6.07, 6.45) is 0.874. The minimum absolute atomic E-state index is 0.0570. The lowest BCUT2D eigenvalue weighted by molar-refractivity contribution is -0.130. The Morgan fingerprint density at radius 1 is 1.25 bits per heavy atom. The van der Waals surface area contributed by atoms with Crippen LogP contribution in [0.2, 0.25) is 0 Å². The molecule has 5 nitrogen and oxygen atoms in total. The van der Waals surface area contributed by atoms with E-state index in [0.717, 1.165) is 57.0 Å². The summed E-state index contributed by atoms with van der Waals surface area (Å²) in [7, 11) is 1.70. The SMILES string of the molecule is CCC1SC(c2ccccc2OC)N(CCN2CCNCC2)C1=O. The summed E-state index contributed by atoms with van der Waals surface area (Å²) in [4.78, 5) is 17.3. The molecule has 1 aromatic carbocycles. The molecule has 2 aliphatic rings. The number of methoxy groups -OCH3 is 1. The van der Waals surface area contributed by atoms with Gasteiger partial charge in [0.25, 0.3) is 0 Å². The van der Waals surface area contributed by atoms with Crippen molar-refractivity contribution in [2.75, 3.05) is 46.4 Å². The molecule has 1 aromatic rings. The number of carbonyl (C=O) groups is 1. The molecule has 2 atom stereocenters. The van der Waals surface area contributed by atoms with E-state index in [-0.39, 0.29) is 16.5 Å². The van der Waals surface area contributed by atoms with Crippen LogP contribution in [-0.2, 0) is 4.79 Å². The van der Waals surface area contributed by atoms with Gasteiger partial charge in [-0.3, -0.25) is 9.69 Å². The fourth-order valence-corrected chi connectivity index (χ4v) is 4.83. The van der Waals surface area contributed by atoms with Crippen LogP contribution in [0.3, 0.4) is 0 Å². The Bertz CT molecular complexity index is 563. The number of nitrogens with one attached hydrogen (secondary N) is 1. The summed E-state index contributed by atoms with van der Waals surface area (Å²) in [5.41, 5.74) is 1.11. The van der Waals surface area contributed by atoms with Crippen LogP contribution in [0.1, 0.15) is 24.3 Å². The van der Waals surface area contributed by atoms with E-state index < -0.39 is 0 Å². The number of amides is 1. The molecule has 0 bridgehead atoms. The Kier molecular flexibility index (Phi) is 6.03. The fourth-order valence-electron chi connectivity index (χ4n) is 3.38. The topological polar surface area (TPSA) is 44.8 Å². The summed E-state index contributed by atoms with van der Waals surface area (Å²) in [6, 6.07) is 8.07. The second-order valence-electron chi connectivity index (χ2n) is 6.25. The molecule has 0 spiro atoms. The van der Waals surface area contributed by atoms with Gasteiger partial charge in [0, 0.05) is 44.8 Å². The average molecular weight is 350 g/mol. The second-order valence-corrected chi connectivity index (χ2v) is 7.54. The fraction of sp³-hybridized carbons (Fsp3) is 0.611. The van der Waals surface area contributed by atoms with E-state index in [2.05, 4.69) is 28.1 Å². The van der Waals surface area contributed by atoms with Crippen molar-refractivity contribution >= 4 is 17.7 Å². The van der Waals surface area contributed by atoms with Gasteiger partial charge in [0.1, 0.15) is 11.1 Å². The zero-order chi connectivity index (χ0) is 16.9. The predicted molar refractivity (Wildman–Crippen MR) is 98.4 cm³/mol. The third-order valence-corrected chi connectivity index (χ3v) is 6.41. The maximum absolute atomic E-state index is 12.8. The molecule has 2 aliphatic heterocycles. The van der Waals surface area contributed by atoms with E-state index in [9.17, 15) is 4.79 Å². The van der Waals surface area contributed by atoms with Crippen LogP contribution in [-0.4, -0.2) is 67.3 Å². The molecule has 2 unspecified atom stereocenters. The highest BCUT2D eigenvalue weighted by molar-refractivity contribution is 8.01. The minimum atomic E-state index is 0.0570. The molecule has 24 heavy (non-hydrogen) atoms. The largest absolute Gasteiger partial charge is 0.496 e. The molecule has 0 aliphatic carbocycles. The van der Waals surface area contributed by atoms with E-state index in [1.807, 2.05) is 18.2 Å². The van der Waals surface area contributed by atoms with Gasteiger partial charge < -0.3 is 15.0 Å². The third kappa shape index (κ3) is 3.71. The van der Waals surface area contributed by atoms with E-state index in [1.165, 1.54) is 0 Å². The highest BCUT2D eigenvalue weighted by Crippen LogP contribution is 2.46. The molecule has 2 fully saturated rings. The van der Waals surface area contributed by atoms with Crippen LogP contribution in [0.4, 0.5) is 0 Å². The zero-order valence-corrected chi connectivity index (χ0v) is 15.3. The molecular weight excluding hydrogens is 322 g/mol. The molecule has 0 saturated carbocycles. The maximum Gasteiger partial charge on any atom is 0.236 e. The summed E-state index contributed by atoms with van der Waals surface area (Å²) < 4.78 is 5.53. The highest BCUT2D eigenvalue weighted by Gasteiger charge is 2.40. The van der Waals surface area contributed by atoms with Crippen molar-refractivity contribution in [2.24, 2.45) is 0 Å². The first-order valence-corrected chi connectivity index (χ1v) is 9.70. The van der Waals surface area contributed by atoms with Crippen molar-refractivity contribution in [3.63, 3.8) is 0 Å². The molecule has 1 N–H and O–H groups in total. The van der Waals surface area contributed by atoms with Crippen molar-refractivity contribution < 1.29 is 9.53 Å². The van der Waals surface area contributed by atoms with Gasteiger partial charge in [-0.1, -0.05) is 25.1 Å². The van der Waals surface area contributed by atoms with Gasteiger partial charge in [-0.25, -0.2) is 0 Å². The number of ether oxygens (including phenoxy) is 1. The average Bonchev–Trinajstić information content (AvgIpc) is 2.96. The lowest BCUT2D eigenvalue weighted by atomic mass is 10.1. The van der Waals surface area contributed by atoms with Crippen LogP contribution in [0.5, 0.6) is 5.75 Å². The minimum Gasteiger partial charge on any atom is -0.496 e. The maximum atomic E-state index is 12.8. The highest BCUT2D eigenvalue weighted by atomic mass is 32.2. The third-order valence-electron chi connectivity index (χ3n) is 4.78. The molecule has 2 heterocycles. The van der Waals surface area contributed by atoms with Gasteiger partial charge in [0.2, 0.25) is 5.91 Å². The number of hydrogen-bond donors (Lipinski definition) is 1. The first kappa shape index (κ1) is 17.6. The molecule has 132 valence electrons. The molecular formula is C18H27N3O2S. The lowest BCUT2D eigenvalue weighted by Crippen LogP contribution is -2.47. The summed E-state index contributed by atoms with van der Waals surface area (Å²) in [5, 5.41) is 3.49. The Hall–Kier alpha value is -1.24. The van der Waals surface area contributed by atoms with E-state index in [4.69, 9.17) is 4.74 Å².